The van der Waals surface area contributed by atoms with Crippen LogP contribution in [0.4, 0.5) is 18.9 Å². The molecule has 0 saturated carbocycles. The highest BCUT2D eigenvalue weighted by molar-refractivity contribution is 5.99. The summed E-state index contributed by atoms with van der Waals surface area (Å²) < 4.78 is 43.8. The topological polar surface area (TPSA) is 70.9 Å². The number of para-hydroxylation sites is 1. The Morgan fingerprint density at radius 1 is 1.16 bits per heavy atom. The van der Waals surface area contributed by atoms with Crippen molar-refractivity contribution in [3.05, 3.63) is 59.7 Å². The second-order valence-corrected chi connectivity index (χ2v) is 5.06. The number of benzene rings is 2. The lowest BCUT2D eigenvalue weighted by Crippen LogP contribution is -2.10. The molecule has 2 aromatic carbocycles. The first-order chi connectivity index (χ1) is 11.8. The number of hydrogen-bond acceptors (Lipinski definition) is 4. The van der Waals surface area contributed by atoms with Crippen LogP contribution in [-0.4, -0.2) is 23.4 Å². The van der Waals surface area contributed by atoms with E-state index in [1.54, 1.807) is 31.2 Å². The molecule has 0 aromatic heterocycles. The SMILES string of the molecule is C/C(=N/Nc1ccccc1C(F)(F)F)c1ccc(OCC(=O)O)cc1. The number of hydrogen-bond donors (Lipinski definition) is 2. The van der Waals surface area contributed by atoms with Crippen LogP contribution >= 0.6 is 0 Å². The number of nitrogens with one attached hydrogen (secondary N) is 1. The van der Waals surface area contributed by atoms with Gasteiger partial charge in [0.2, 0.25) is 0 Å². The lowest BCUT2D eigenvalue weighted by atomic mass is 10.1. The van der Waals surface area contributed by atoms with Gasteiger partial charge in [0.1, 0.15) is 5.75 Å². The van der Waals surface area contributed by atoms with Gasteiger partial charge >= 0.3 is 12.1 Å². The van der Waals surface area contributed by atoms with Gasteiger partial charge in [-0.2, -0.15) is 18.3 Å². The molecule has 5 nitrogen and oxygen atoms in total. The zero-order valence-electron chi connectivity index (χ0n) is 13.2. The molecule has 0 unspecified atom stereocenters. The van der Waals surface area contributed by atoms with Crippen molar-refractivity contribution < 1.29 is 27.8 Å². The molecule has 0 aliphatic heterocycles. The van der Waals surface area contributed by atoms with Crippen LogP contribution in [0.5, 0.6) is 5.75 Å². The number of alkyl halides is 3. The summed E-state index contributed by atoms with van der Waals surface area (Å²) in [6.45, 7) is 1.18. The van der Waals surface area contributed by atoms with Crippen molar-refractivity contribution in [2.24, 2.45) is 5.10 Å². The minimum atomic E-state index is -4.48. The van der Waals surface area contributed by atoms with Crippen LogP contribution in [0.15, 0.2) is 53.6 Å². The lowest BCUT2D eigenvalue weighted by molar-refractivity contribution is -0.139. The Bertz CT molecular complexity index is 771. The zero-order chi connectivity index (χ0) is 18.4. The fourth-order valence-electron chi connectivity index (χ4n) is 1.97. The normalized spacial score (nSPS) is 11.9. The summed E-state index contributed by atoms with van der Waals surface area (Å²) in [5.74, 6) is -0.719. The van der Waals surface area contributed by atoms with Crippen LogP contribution in [-0.2, 0) is 11.0 Å². The van der Waals surface area contributed by atoms with Crippen LogP contribution in [0, 0.1) is 0 Å². The van der Waals surface area contributed by atoms with E-state index < -0.39 is 24.3 Å². The van der Waals surface area contributed by atoms with Crippen molar-refractivity contribution >= 4 is 17.4 Å². The molecule has 0 spiro atoms. The molecule has 2 aromatic rings. The monoisotopic (exact) mass is 352 g/mol. The van der Waals surface area contributed by atoms with Gasteiger partial charge in [0.25, 0.3) is 0 Å². The van der Waals surface area contributed by atoms with Crippen LogP contribution < -0.4 is 10.2 Å². The third-order valence-corrected chi connectivity index (χ3v) is 3.21. The maximum atomic E-state index is 12.9. The minimum Gasteiger partial charge on any atom is -0.482 e. The molecule has 132 valence electrons. The quantitative estimate of drug-likeness (QED) is 0.609. The second-order valence-electron chi connectivity index (χ2n) is 5.06. The number of aliphatic carboxylic acids is 1. The van der Waals surface area contributed by atoms with E-state index in [1.807, 2.05) is 0 Å². The molecule has 0 saturated heterocycles. The Kier molecular flexibility index (Phi) is 5.63. The Morgan fingerprint density at radius 2 is 1.80 bits per heavy atom. The Hall–Kier alpha value is -3.03. The molecule has 0 radical (unpaired) electrons. The van der Waals surface area contributed by atoms with Crippen molar-refractivity contribution in [2.45, 2.75) is 13.1 Å². The van der Waals surface area contributed by atoms with Crippen molar-refractivity contribution in [1.29, 1.82) is 0 Å². The molecule has 0 aliphatic carbocycles. The first-order valence-corrected chi connectivity index (χ1v) is 7.19. The summed E-state index contributed by atoms with van der Waals surface area (Å²) >= 11 is 0. The highest BCUT2D eigenvalue weighted by atomic mass is 19.4. The lowest BCUT2D eigenvalue weighted by Gasteiger charge is -2.12. The fraction of sp³-hybridized carbons (Fsp3) is 0.176. The summed E-state index contributed by atoms with van der Waals surface area (Å²) in [5.41, 5.74) is 2.60. The molecule has 8 heteroatoms. The van der Waals surface area contributed by atoms with Gasteiger partial charge in [0.15, 0.2) is 6.61 Å². The highest BCUT2D eigenvalue weighted by Crippen LogP contribution is 2.34. The number of carbonyl (C=O) groups is 1. The molecular formula is C17H15F3N2O3. The van der Waals surface area contributed by atoms with E-state index in [0.717, 1.165) is 6.07 Å². The fourth-order valence-corrected chi connectivity index (χ4v) is 1.97. The standard InChI is InChI=1S/C17H15F3N2O3/c1-11(12-6-8-13(9-7-12)25-10-16(23)24)21-22-15-5-3-2-4-14(15)17(18,19)20/h2-9,22H,10H2,1H3,(H,23,24)/b21-11-. The third kappa shape index (κ3) is 5.23. The van der Waals surface area contributed by atoms with Crippen LogP contribution in [0.2, 0.25) is 0 Å². The molecular weight excluding hydrogens is 337 g/mol. The smallest absolute Gasteiger partial charge is 0.418 e. The number of nitrogens with zero attached hydrogens (tertiary/aromatic N) is 1. The number of anilines is 1. The van der Waals surface area contributed by atoms with Gasteiger partial charge in [-0.1, -0.05) is 12.1 Å². The average molecular weight is 352 g/mol. The van der Waals surface area contributed by atoms with Crippen LogP contribution in [0.1, 0.15) is 18.1 Å². The Balaban J connectivity index is 2.11. The molecule has 0 fully saturated rings. The highest BCUT2D eigenvalue weighted by Gasteiger charge is 2.33. The van der Waals surface area contributed by atoms with E-state index >= 15 is 0 Å². The predicted molar refractivity (Wildman–Crippen MR) is 86.9 cm³/mol. The zero-order valence-corrected chi connectivity index (χ0v) is 13.2. The van der Waals surface area contributed by atoms with Crippen LogP contribution in [0.25, 0.3) is 0 Å². The first-order valence-electron chi connectivity index (χ1n) is 7.19. The number of halogens is 3. The summed E-state index contributed by atoms with van der Waals surface area (Å²) in [5, 5.41) is 12.5. The van der Waals surface area contributed by atoms with E-state index in [1.165, 1.54) is 18.2 Å². The molecule has 0 aliphatic rings. The Morgan fingerprint density at radius 3 is 2.40 bits per heavy atom. The van der Waals surface area contributed by atoms with Gasteiger partial charge in [-0.15, -0.1) is 0 Å². The first kappa shape index (κ1) is 18.3. The summed E-state index contributed by atoms with van der Waals surface area (Å²) in [6.07, 6.45) is -4.48. The number of ether oxygens (including phenoxy) is 1. The molecule has 25 heavy (non-hydrogen) atoms. The van der Waals surface area contributed by atoms with E-state index in [9.17, 15) is 18.0 Å². The van der Waals surface area contributed by atoms with Crippen molar-refractivity contribution in [3.8, 4) is 5.75 Å². The number of carboxylic acids is 1. The van der Waals surface area contributed by atoms with Gasteiger partial charge in [-0.3, -0.25) is 5.43 Å². The molecule has 2 rings (SSSR count). The van der Waals surface area contributed by atoms with Gasteiger partial charge in [-0.05, 0) is 48.9 Å². The molecule has 0 heterocycles. The van der Waals surface area contributed by atoms with Crippen molar-refractivity contribution in [1.82, 2.24) is 0 Å². The van der Waals surface area contributed by atoms with Gasteiger partial charge < -0.3 is 9.84 Å². The molecule has 0 amide bonds. The average Bonchev–Trinajstić information content (AvgIpc) is 2.57. The van der Waals surface area contributed by atoms with E-state index in [-0.39, 0.29) is 5.69 Å². The second kappa shape index (κ2) is 7.69. The third-order valence-electron chi connectivity index (χ3n) is 3.21. The maximum absolute atomic E-state index is 12.9. The van der Waals surface area contributed by atoms with Gasteiger partial charge in [0, 0.05) is 0 Å². The molecule has 0 atom stereocenters. The van der Waals surface area contributed by atoms with Crippen molar-refractivity contribution in [3.63, 3.8) is 0 Å². The molecule has 2 N–H and O–H groups in total. The molecule has 0 bridgehead atoms. The predicted octanol–water partition coefficient (Wildman–Crippen LogP) is 4.00. The van der Waals surface area contributed by atoms with E-state index in [2.05, 4.69) is 10.5 Å². The van der Waals surface area contributed by atoms with Crippen LogP contribution in [0.3, 0.4) is 0 Å². The Labute approximate surface area is 141 Å². The largest absolute Gasteiger partial charge is 0.482 e. The van der Waals surface area contributed by atoms with E-state index in [0.29, 0.717) is 17.0 Å². The maximum Gasteiger partial charge on any atom is 0.418 e. The summed E-state index contributed by atoms with van der Waals surface area (Å²) in [6, 6.07) is 11.4. The van der Waals surface area contributed by atoms with Gasteiger partial charge in [-0.25, -0.2) is 4.79 Å². The summed E-state index contributed by atoms with van der Waals surface area (Å²) in [7, 11) is 0. The van der Waals surface area contributed by atoms with Gasteiger partial charge in [0.05, 0.1) is 17.0 Å². The number of hydrazone groups is 1. The summed E-state index contributed by atoms with van der Waals surface area (Å²) in [4.78, 5) is 10.4. The number of carboxylic acid groups (broad SMARTS) is 1. The van der Waals surface area contributed by atoms with E-state index in [4.69, 9.17) is 9.84 Å². The number of rotatable bonds is 6. The minimum absolute atomic E-state index is 0.143. The van der Waals surface area contributed by atoms with Crippen molar-refractivity contribution in [2.75, 3.05) is 12.0 Å².